The summed E-state index contributed by atoms with van der Waals surface area (Å²) in [6, 6.07) is 0. The van der Waals surface area contributed by atoms with Gasteiger partial charge < -0.3 is 0 Å². The molecule has 0 aliphatic carbocycles. The van der Waals surface area contributed by atoms with Crippen LogP contribution in [0.1, 0.15) is 457 Å². The minimum Gasteiger partial charge on any atom is -0.103 e. The molecule has 734 valence electrons. The highest BCUT2D eigenvalue weighted by Gasteiger charge is 2.01. The van der Waals surface area contributed by atoms with Gasteiger partial charge in [0, 0.05) is 0 Å². The zero-order valence-electron chi connectivity index (χ0n) is 91.5. The lowest BCUT2D eigenvalue weighted by Crippen LogP contribution is -1.82. The summed E-state index contributed by atoms with van der Waals surface area (Å²) in [6.45, 7) is 97.5. The van der Waals surface area contributed by atoms with Crippen molar-refractivity contribution in [2.45, 2.75) is 457 Å². The van der Waals surface area contributed by atoms with Gasteiger partial charge in [-0.05, 0) is 424 Å². The first kappa shape index (κ1) is 142. The van der Waals surface area contributed by atoms with E-state index in [1.807, 2.05) is 60.8 Å². The van der Waals surface area contributed by atoms with Gasteiger partial charge >= 0.3 is 0 Å². The molecule has 0 saturated heterocycles. The van der Waals surface area contributed by atoms with Crippen LogP contribution < -0.4 is 0 Å². The van der Waals surface area contributed by atoms with Crippen LogP contribution in [0.2, 0.25) is 0 Å². The molecule has 0 bridgehead atoms. The first-order chi connectivity index (χ1) is 61.9. The Balaban J connectivity index is -0.000000153. The fourth-order valence-corrected chi connectivity index (χ4v) is 12.6. The Morgan fingerprint density at radius 3 is 0.581 bits per heavy atom. The molecule has 0 amide bonds. The monoisotopic (exact) mass is 1770 g/mol. The summed E-state index contributed by atoms with van der Waals surface area (Å²) in [4.78, 5) is 0. The van der Waals surface area contributed by atoms with E-state index in [9.17, 15) is 0 Å². The van der Waals surface area contributed by atoms with Crippen LogP contribution in [-0.2, 0) is 0 Å². The van der Waals surface area contributed by atoms with Crippen LogP contribution in [0.15, 0.2) is 361 Å². The van der Waals surface area contributed by atoms with Crippen LogP contribution in [0.3, 0.4) is 0 Å². The summed E-state index contributed by atoms with van der Waals surface area (Å²) in [5, 5.41) is 0. The standard InChI is InChI=1S/3C14H24.4C13H22.2C12H20.C11H18/c2*1-5-10-14(6-2)12-9-7-8-11-13(3)4;1-5-9-13(4)11-8-12-14(7-3)10-6-2;2*1-5-9-13(6-2)11-8-7-10-12(3)4;1-5-9-13(7-3)11-8-10-12(4)6-2;1-4-7-8-9-10-12-13(6-3)11-5-2;2*1-5-8-12(6-2)10-7-9-11(3)4;1-4-7-8-10-11(6-3)9-5-2/h2*5-6,11H,1,7-10,12H2,2-4H3;6-7,11H,2,5,8-10,12H2,1,3-4H3;2*5-6,10H,1,7-9,11H2,2-4H3;5,7,10H,1,6,8-9,11H2,2-4H3;5-6,8-9H,2,4,7,10-12H2,1,3H3;2*5-6,9H,1,7-8,10H2,2-4H3;4-7H,2,8-10H2,1,3H3/b2*14-6+;13-11-,14-7+;2*13-6+;12-10+,13-7+;9-8-,13-6+;2*12-6+;7-4-,11-6+. The van der Waals surface area contributed by atoms with Gasteiger partial charge in [-0.15, -0.1) is 65.8 Å². The Morgan fingerprint density at radius 2 is 0.372 bits per heavy atom. The van der Waals surface area contributed by atoms with Crippen molar-refractivity contribution in [1.29, 1.82) is 0 Å². The van der Waals surface area contributed by atoms with Gasteiger partial charge in [0.25, 0.3) is 0 Å². The summed E-state index contributed by atoms with van der Waals surface area (Å²) in [7, 11) is 0. The lowest BCUT2D eigenvalue weighted by Gasteiger charge is -2.02. The molecule has 129 heavy (non-hydrogen) atoms. The van der Waals surface area contributed by atoms with E-state index in [1.54, 1.807) is 0 Å². The molecule has 0 atom stereocenters. The van der Waals surface area contributed by atoms with Crippen LogP contribution in [0, 0.1) is 0 Å². The third-order valence-electron chi connectivity index (χ3n) is 20.9. The molecule has 0 aromatic heterocycles. The number of rotatable bonds is 61. The van der Waals surface area contributed by atoms with Crippen molar-refractivity contribution in [3.63, 3.8) is 0 Å². The summed E-state index contributed by atoms with van der Waals surface area (Å²) < 4.78 is 0. The Bertz CT molecular complexity index is 3220. The van der Waals surface area contributed by atoms with E-state index in [0.29, 0.717) is 0 Å². The van der Waals surface area contributed by atoms with Crippen molar-refractivity contribution in [2.24, 2.45) is 0 Å². The van der Waals surface area contributed by atoms with Gasteiger partial charge in [-0.3, -0.25) is 0 Å². The van der Waals surface area contributed by atoms with E-state index in [-0.39, 0.29) is 0 Å². The average molecular weight is 1770 g/mol. The van der Waals surface area contributed by atoms with Gasteiger partial charge in [-0.2, -0.15) is 0 Å². The van der Waals surface area contributed by atoms with Gasteiger partial charge in [-0.25, -0.2) is 0 Å². The summed E-state index contributed by atoms with van der Waals surface area (Å²) in [6.07, 6.45) is 117. The van der Waals surface area contributed by atoms with E-state index in [2.05, 4.69) is 393 Å². The molecule has 0 spiro atoms. The van der Waals surface area contributed by atoms with Crippen LogP contribution in [0.4, 0.5) is 0 Å². The Hall–Kier alpha value is -7.80. The lowest BCUT2D eigenvalue weighted by atomic mass is 10.0. The van der Waals surface area contributed by atoms with E-state index >= 15 is 0 Å². The minimum absolute atomic E-state index is 1.03. The number of hydrogen-bond acceptors (Lipinski definition) is 0. The normalized spacial score (nSPS) is 11.8. The second-order valence-corrected chi connectivity index (χ2v) is 34.6. The molecule has 0 N–H and O–H groups in total. The highest BCUT2D eigenvalue weighted by atomic mass is 14.1. The first-order valence-corrected chi connectivity index (χ1v) is 50.8. The minimum atomic E-state index is 1.03. The van der Waals surface area contributed by atoms with Crippen molar-refractivity contribution < 1.29 is 0 Å². The van der Waals surface area contributed by atoms with Crippen LogP contribution >= 0.6 is 0 Å². The topological polar surface area (TPSA) is 0 Å². The van der Waals surface area contributed by atoms with E-state index in [4.69, 9.17) is 0 Å². The molecule has 0 aromatic carbocycles. The largest absolute Gasteiger partial charge is 0.103 e. The second kappa shape index (κ2) is 120. The predicted octanol–water partition coefficient (Wildman–Crippen LogP) is 46.1. The van der Waals surface area contributed by atoms with E-state index < -0.39 is 0 Å². The second-order valence-electron chi connectivity index (χ2n) is 34.6. The first-order valence-electron chi connectivity index (χ1n) is 50.8. The third-order valence-corrected chi connectivity index (χ3v) is 20.9. The van der Waals surface area contributed by atoms with Gasteiger partial charge in [0.2, 0.25) is 0 Å². The quantitative estimate of drug-likeness (QED) is 0.0421. The number of unbranched alkanes of at least 4 members (excludes halogenated alkanes) is 7. The van der Waals surface area contributed by atoms with Crippen molar-refractivity contribution in [1.82, 2.24) is 0 Å². The Kier molecular flexibility index (Phi) is 132. The molecule has 0 radical (unpaired) electrons. The summed E-state index contributed by atoms with van der Waals surface area (Å²) >= 11 is 0. The highest BCUT2D eigenvalue weighted by Crippen LogP contribution is 2.21. The SMILES string of the molecule is C=CC/C(=C\C)CC/C=C(/C)CCC.C=CC/C(=C\C)CC/C=C(\C)CC.C=CC/C(=C\C)CC/C=C\C.C=CC/C(=C\C)CC/C=C\CCC.C=CC/C(=C\C)CCC=C(C)C.C=CC/C(=C\C)CCC=C(C)C.C=CC/C(=C\C)CCCC=C(C)C.C=CC/C(=C\C)CCCC=C(C)C.C=CC/C(=C\C)CCCCC=C(C)C.C=CC/C(=C\C)CCCCC=C(C)C. The van der Waals surface area contributed by atoms with Crippen molar-refractivity contribution >= 4 is 0 Å². The molecule has 0 nitrogen and oxygen atoms in total. The zero-order chi connectivity index (χ0) is 100. The van der Waals surface area contributed by atoms with Crippen LogP contribution in [0.25, 0.3) is 0 Å². The molecule has 0 aliphatic heterocycles. The third kappa shape index (κ3) is 131. The predicted molar refractivity (Wildman–Crippen MR) is 614 cm³/mol. The van der Waals surface area contributed by atoms with Gasteiger partial charge in [0.05, 0.1) is 0 Å². The van der Waals surface area contributed by atoms with Gasteiger partial charge in [-0.1, -0.05) is 328 Å². The molecule has 0 heterocycles. The van der Waals surface area contributed by atoms with Crippen LogP contribution in [0.5, 0.6) is 0 Å². The molecule has 0 aromatic rings. The average Bonchev–Trinajstić information content (AvgIpc) is 1.02. The number of hydrogen-bond donors (Lipinski definition) is 0. The van der Waals surface area contributed by atoms with Crippen LogP contribution in [-0.4, -0.2) is 0 Å². The molecule has 0 rings (SSSR count). The summed E-state index contributed by atoms with van der Waals surface area (Å²) in [5.74, 6) is 0. The lowest BCUT2D eigenvalue weighted by molar-refractivity contribution is 0.731. The van der Waals surface area contributed by atoms with Crippen molar-refractivity contribution in [2.75, 3.05) is 0 Å². The van der Waals surface area contributed by atoms with E-state index in [1.165, 1.54) is 280 Å². The maximum absolute atomic E-state index is 3.77. The van der Waals surface area contributed by atoms with Crippen molar-refractivity contribution in [3.8, 4) is 0 Å². The van der Waals surface area contributed by atoms with Crippen molar-refractivity contribution in [3.05, 3.63) is 361 Å². The van der Waals surface area contributed by atoms with Gasteiger partial charge in [0.1, 0.15) is 0 Å². The van der Waals surface area contributed by atoms with Gasteiger partial charge in [0.15, 0.2) is 0 Å². The Morgan fingerprint density at radius 1 is 0.178 bits per heavy atom. The smallest absolute Gasteiger partial charge is 0.0142 e. The number of allylic oxidation sites excluding steroid dienone is 50. The molecule has 0 fully saturated rings. The molecular weight excluding hydrogens is 1550 g/mol. The maximum atomic E-state index is 3.77. The highest BCUT2D eigenvalue weighted by molar-refractivity contribution is 5.15. The molecule has 0 aliphatic rings. The molecular formula is C129H218. The zero-order valence-corrected chi connectivity index (χ0v) is 91.5. The molecule has 0 unspecified atom stereocenters. The fraction of sp³-hybridized carbons (Fsp3) is 0.535. The fourth-order valence-electron chi connectivity index (χ4n) is 12.6. The molecule has 0 heteroatoms. The molecule has 0 saturated carbocycles. The maximum Gasteiger partial charge on any atom is -0.0142 e. The van der Waals surface area contributed by atoms with E-state index in [0.717, 1.165) is 83.5 Å². The summed E-state index contributed by atoms with van der Waals surface area (Å²) in [5.41, 5.74) is 26.6. The Labute approximate surface area is 812 Å².